The number of amides is 1. The lowest BCUT2D eigenvalue weighted by molar-refractivity contribution is -0.122. The van der Waals surface area contributed by atoms with E-state index >= 15 is 0 Å². The number of carbonyl (C=O) groups is 1. The summed E-state index contributed by atoms with van der Waals surface area (Å²) in [5.74, 6) is 0.0257. The second-order valence-electron chi connectivity index (χ2n) is 4.70. The number of carbonyl (C=O) groups excluding carboxylic acids is 1. The predicted octanol–water partition coefficient (Wildman–Crippen LogP) is 1.06. The normalized spacial score (nSPS) is 18.4. The maximum atomic E-state index is 11.5. The Kier molecular flexibility index (Phi) is 4.73. The molecule has 0 radical (unpaired) electrons. The molecule has 4 heteroatoms. The van der Waals surface area contributed by atoms with Crippen LogP contribution < -0.4 is 11.1 Å². The van der Waals surface area contributed by atoms with Crippen molar-refractivity contribution >= 4 is 5.91 Å². The number of primary amides is 1. The van der Waals surface area contributed by atoms with Crippen molar-refractivity contribution in [1.82, 2.24) is 5.32 Å². The van der Waals surface area contributed by atoms with Gasteiger partial charge in [0, 0.05) is 19.8 Å². The van der Waals surface area contributed by atoms with Gasteiger partial charge in [0.2, 0.25) is 5.91 Å². The fourth-order valence-corrected chi connectivity index (χ4v) is 2.37. The zero-order valence-electron chi connectivity index (χ0n) is 10.5. The molecule has 0 aliphatic carbocycles. The Morgan fingerprint density at radius 1 is 1.33 bits per heavy atom. The molecule has 2 rings (SSSR count). The Balaban J connectivity index is 1.92. The van der Waals surface area contributed by atoms with Gasteiger partial charge in [-0.2, -0.15) is 0 Å². The topological polar surface area (TPSA) is 64.4 Å². The highest BCUT2D eigenvalue weighted by Gasteiger charge is 2.27. The minimum absolute atomic E-state index is 0.255. The Hall–Kier alpha value is -1.39. The zero-order chi connectivity index (χ0) is 12.8. The summed E-state index contributed by atoms with van der Waals surface area (Å²) < 4.78 is 5.31. The van der Waals surface area contributed by atoms with E-state index in [1.165, 1.54) is 0 Å². The number of hydrogen-bond donors (Lipinski definition) is 2. The van der Waals surface area contributed by atoms with Gasteiger partial charge in [0.1, 0.15) is 0 Å². The van der Waals surface area contributed by atoms with Crippen LogP contribution in [0, 0.1) is 5.92 Å². The molecule has 3 N–H and O–H groups in total. The standard InChI is InChI=1S/C14H20N2O2/c15-14(17)13(12-6-8-18-9-7-12)16-10-11-4-2-1-3-5-11/h1-5,12-13,16H,6-10H2,(H2,15,17). The molecule has 4 nitrogen and oxygen atoms in total. The molecule has 0 saturated carbocycles. The molecule has 1 aliphatic heterocycles. The monoisotopic (exact) mass is 248 g/mol. The summed E-state index contributed by atoms with van der Waals surface area (Å²) in [5, 5.41) is 3.28. The van der Waals surface area contributed by atoms with Crippen molar-refractivity contribution in [1.29, 1.82) is 0 Å². The maximum Gasteiger partial charge on any atom is 0.234 e. The van der Waals surface area contributed by atoms with E-state index < -0.39 is 0 Å². The summed E-state index contributed by atoms with van der Waals surface area (Å²) in [7, 11) is 0. The van der Waals surface area contributed by atoms with Crippen LogP contribution in [-0.2, 0) is 16.1 Å². The van der Waals surface area contributed by atoms with Gasteiger partial charge in [-0.3, -0.25) is 4.79 Å². The lowest BCUT2D eigenvalue weighted by Crippen LogP contribution is -2.47. The van der Waals surface area contributed by atoms with Crippen LogP contribution in [0.15, 0.2) is 30.3 Å². The molecular weight excluding hydrogens is 228 g/mol. The number of benzene rings is 1. The minimum Gasteiger partial charge on any atom is -0.381 e. The second kappa shape index (κ2) is 6.52. The first-order valence-corrected chi connectivity index (χ1v) is 6.42. The van der Waals surface area contributed by atoms with Gasteiger partial charge in [-0.05, 0) is 24.3 Å². The van der Waals surface area contributed by atoms with E-state index in [0.29, 0.717) is 12.5 Å². The molecule has 0 bridgehead atoms. The number of nitrogens with two attached hydrogens (primary N) is 1. The Morgan fingerprint density at radius 2 is 2.00 bits per heavy atom. The molecule has 1 fully saturated rings. The van der Waals surface area contributed by atoms with Crippen LogP contribution >= 0.6 is 0 Å². The Labute approximate surface area is 108 Å². The molecular formula is C14H20N2O2. The first kappa shape index (κ1) is 13.1. The van der Waals surface area contributed by atoms with Gasteiger partial charge >= 0.3 is 0 Å². The van der Waals surface area contributed by atoms with Crippen molar-refractivity contribution in [2.24, 2.45) is 11.7 Å². The van der Waals surface area contributed by atoms with Gasteiger partial charge in [0.15, 0.2) is 0 Å². The van der Waals surface area contributed by atoms with Crippen LogP contribution in [0.1, 0.15) is 18.4 Å². The van der Waals surface area contributed by atoms with Crippen molar-refractivity contribution in [3.63, 3.8) is 0 Å². The van der Waals surface area contributed by atoms with E-state index in [4.69, 9.17) is 10.5 Å². The zero-order valence-corrected chi connectivity index (χ0v) is 10.5. The summed E-state index contributed by atoms with van der Waals surface area (Å²) in [4.78, 5) is 11.5. The summed E-state index contributed by atoms with van der Waals surface area (Å²) in [5.41, 5.74) is 6.65. The lowest BCUT2D eigenvalue weighted by atomic mass is 9.91. The summed E-state index contributed by atoms with van der Waals surface area (Å²) in [6.45, 7) is 2.12. The Bertz CT molecular complexity index is 375. The van der Waals surface area contributed by atoms with Crippen LogP contribution in [0.2, 0.25) is 0 Å². The van der Waals surface area contributed by atoms with E-state index in [1.807, 2.05) is 30.3 Å². The highest BCUT2D eigenvalue weighted by Crippen LogP contribution is 2.19. The third-order valence-electron chi connectivity index (χ3n) is 3.41. The van der Waals surface area contributed by atoms with Crippen molar-refractivity contribution in [3.05, 3.63) is 35.9 Å². The molecule has 0 spiro atoms. The van der Waals surface area contributed by atoms with Gasteiger partial charge in [-0.25, -0.2) is 0 Å². The smallest absolute Gasteiger partial charge is 0.234 e. The summed E-state index contributed by atoms with van der Waals surface area (Å²) >= 11 is 0. The summed E-state index contributed by atoms with van der Waals surface area (Å²) in [6.07, 6.45) is 1.80. The first-order valence-electron chi connectivity index (χ1n) is 6.42. The Morgan fingerprint density at radius 3 is 2.61 bits per heavy atom. The number of rotatable bonds is 5. The number of nitrogens with one attached hydrogen (secondary N) is 1. The molecule has 1 atom stereocenters. The van der Waals surface area contributed by atoms with Crippen LogP contribution in [0.5, 0.6) is 0 Å². The van der Waals surface area contributed by atoms with Gasteiger partial charge in [-0.1, -0.05) is 30.3 Å². The quantitative estimate of drug-likeness (QED) is 0.819. The van der Waals surface area contributed by atoms with E-state index in [2.05, 4.69) is 5.32 Å². The molecule has 18 heavy (non-hydrogen) atoms. The van der Waals surface area contributed by atoms with Gasteiger partial charge in [-0.15, -0.1) is 0 Å². The molecule has 1 saturated heterocycles. The van der Waals surface area contributed by atoms with Crippen LogP contribution in [0.3, 0.4) is 0 Å². The van der Waals surface area contributed by atoms with E-state index in [0.717, 1.165) is 31.6 Å². The largest absolute Gasteiger partial charge is 0.381 e. The molecule has 98 valence electrons. The highest BCUT2D eigenvalue weighted by atomic mass is 16.5. The first-order chi connectivity index (χ1) is 8.77. The summed E-state index contributed by atoms with van der Waals surface area (Å²) in [6, 6.07) is 9.78. The molecule has 1 amide bonds. The SMILES string of the molecule is NC(=O)C(NCc1ccccc1)C1CCOCC1. The third-order valence-corrected chi connectivity index (χ3v) is 3.41. The van der Waals surface area contributed by atoms with Crippen molar-refractivity contribution in [2.75, 3.05) is 13.2 Å². The second-order valence-corrected chi connectivity index (χ2v) is 4.70. The van der Waals surface area contributed by atoms with E-state index in [-0.39, 0.29) is 11.9 Å². The molecule has 1 heterocycles. The van der Waals surface area contributed by atoms with Crippen molar-refractivity contribution in [2.45, 2.75) is 25.4 Å². The third kappa shape index (κ3) is 3.55. The van der Waals surface area contributed by atoms with Crippen molar-refractivity contribution in [3.8, 4) is 0 Å². The van der Waals surface area contributed by atoms with E-state index in [1.54, 1.807) is 0 Å². The predicted molar refractivity (Wildman–Crippen MR) is 69.8 cm³/mol. The van der Waals surface area contributed by atoms with Crippen LogP contribution in [0.25, 0.3) is 0 Å². The molecule has 1 unspecified atom stereocenters. The molecule has 1 aliphatic rings. The average Bonchev–Trinajstić information content (AvgIpc) is 2.41. The van der Waals surface area contributed by atoms with Crippen LogP contribution in [-0.4, -0.2) is 25.2 Å². The molecule has 1 aromatic rings. The van der Waals surface area contributed by atoms with Gasteiger partial charge in [0.25, 0.3) is 0 Å². The maximum absolute atomic E-state index is 11.5. The fourth-order valence-electron chi connectivity index (χ4n) is 2.37. The average molecular weight is 248 g/mol. The fraction of sp³-hybridized carbons (Fsp3) is 0.500. The van der Waals surface area contributed by atoms with Crippen molar-refractivity contribution < 1.29 is 9.53 Å². The lowest BCUT2D eigenvalue weighted by Gasteiger charge is -2.29. The number of ether oxygens (including phenoxy) is 1. The highest BCUT2D eigenvalue weighted by molar-refractivity contribution is 5.80. The van der Waals surface area contributed by atoms with Gasteiger partial charge in [0.05, 0.1) is 6.04 Å². The van der Waals surface area contributed by atoms with E-state index in [9.17, 15) is 4.79 Å². The minimum atomic E-state index is -0.266. The van der Waals surface area contributed by atoms with Gasteiger partial charge < -0.3 is 15.8 Å². The molecule has 1 aromatic carbocycles. The molecule has 0 aromatic heterocycles. The number of hydrogen-bond acceptors (Lipinski definition) is 3. The van der Waals surface area contributed by atoms with Crippen LogP contribution in [0.4, 0.5) is 0 Å².